The molecule has 0 radical (unpaired) electrons. The predicted molar refractivity (Wildman–Crippen MR) is 111 cm³/mol. The van der Waals surface area contributed by atoms with Crippen LogP contribution >= 0.6 is 11.6 Å². The van der Waals surface area contributed by atoms with Gasteiger partial charge in [-0.1, -0.05) is 68.3 Å². The molecule has 1 aromatic rings. The molecule has 28 heavy (non-hydrogen) atoms. The maximum atomic E-state index is 13.4. The van der Waals surface area contributed by atoms with Crippen molar-refractivity contribution in [3.63, 3.8) is 0 Å². The molecule has 1 heterocycles. The van der Waals surface area contributed by atoms with Crippen molar-refractivity contribution >= 4 is 23.4 Å². The summed E-state index contributed by atoms with van der Waals surface area (Å²) in [5.41, 5.74) is 0.804. The zero-order chi connectivity index (χ0) is 19.6. The molecule has 3 aliphatic rings. The number of carbonyl (C=O) groups is 2. The average molecular weight is 403 g/mol. The smallest absolute Gasteiger partial charge is 0.247 e. The average Bonchev–Trinajstić information content (AvgIpc) is 3.00. The van der Waals surface area contributed by atoms with Gasteiger partial charge in [0.2, 0.25) is 11.8 Å². The van der Waals surface area contributed by atoms with Gasteiger partial charge in [-0.2, -0.15) is 0 Å². The first kappa shape index (κ1) is 19.8. The number of rotatable bonds is 4. The van der Waals surface area contributed by atoms with E-state index in [2.05, 4.69) is 5.32 Å². The summed E-state index contributed by atoms with van der Waals surface area (Å²) in [6, 6.07) is 7.08. The van der Waals surface area contributed by atoms with E-state index in [0.717, 1.165) is 44.1 Å². The standard InChI is InChI=1S/C23H31ClN2O2/c24-19-12-6-5-11-18(19)21(22(28)25-17-9-3-1-4-10-17)26-16-23(15-20(26)27)13-7-2-8-14-23/h5-6,11-12,17,21H,1-4,7-10,13-16H2,(H,25,28). The van der Waals surface area contributed by atoms with Crippen LogP contribution in [0.4, 0.5) is 0 Å². The van der Waals surface area contributed by atoms with Crippen LogP contribution in [-0.2, 0) is 9.59 Å². The molecule has 1 aromatic carbocycles. The summed E-state index contributed by atoms with van der Waals surface area (Å²) in [5, 5.41) is 3.80. The number of hydrogen-bond acceptors (Lipinski definition) is 2. The summed E-state index contributed by atoms with van der Waals surface area (Å²) in [5.74, 6) is 0.0341. The third-order valence-electron chi connectivity index (χ3n) is 6.98. The third kappa shape index (κ3) is 4.07. The van der Waals surface area contributed by atoms with Gasteiger partial charge >= 0.3 is 0 Å². The molecule has 1 unspecified atom stereocenters. The monoisotopic (exact) mass is 402 g/mol. The zero-order valence-corrected chi connectivity index (χ0v) is 17.3. The number of amides is 2. The summed E-state index contributed by atoms with van der Waals surface area (Å²) in [7, 11) is 0. The van der Waals surface area contributed by atoms with E-state index in [1.807, 2.05) is 29.2 Å². The number of hydrogen-bond donors (Lipinski definition) is 1. The predicted octanol–water partition coefficient (Wildman–Crippen LogP) is 5.01. The van der Waals surface area contributed by atoms with Gasteiger partial charge in [-0.15, -0.1) is 0 Å². The van der Waals surface area contributed by atoms with Crippen molar-refractivity contribution in [2.75, 3.05) is 6.54 Å². The van der Waals surface area contributed by atoms with Gasteiger partial charge in [-0.05, 0) is 37.2 Å². The van der Waals surface area contributed by atoms with Crippen LogP contribution in [0.3, 0.4) is 0 Å². The van der Waals surface area contributed by atoms with Crippen LogP contribution in [0.25, 0.3) is 0 Å². The fourth-order valence-corrected chi connectivity index (χ4v) is 5.71. The van der Waals surface area contributed by atoms with E-state index in [0.29, 0.717) is 18.0 Å². The number of nitrogens with one attached hydrogen (secondary N) is 1. The summed E-state index contributed by atoms with van der Waals surface area (Å²) in [6.07, 6.45) is 12.0. The Morgan fingerprint density at radius 3 is 2.46 bits per heavy atom. The molecule has 1 spiro atoms. The largest absolute Gasteiger partial charge is 0.351 e. The van der Waals surface area contributed by atoms with Crippen LogP contribution in [0.5, 0.6) is 0 Å². The van der Waals surface area contributed by atoms with E-state index in [9.17, 15) is 9.59 Å². The Morgan fingerprint density at radius 1 is 1.07 bits per heavy atom. The van der Waals surface area contributed by atoms with Crippen LogP contribution in [0, 0.1) is 5.41 Å². The van der Waals surface area contributed by atoms with Gasteiger partial charge in [0, 0.05) is 29.6 Å². The maximum Gasteiger partial charge on any atom is 0.247 e. The van der Waals surface area contributed by atoms with Crippen LogP contribution in [-0.4, -0.2) is 29.3 Å². The SMILES string of the molecule is O=C(NC1CCCCC1)C(c1ccccc1Cl)N1CC2(CCCCC2)CC1=O. The molecule has 152 valence electrons. The molecule has 4 rings (SSSR count). The van der Waals surface area contributed by atoms with Gasteiger partial charge < -0.3 is 10.2 Å². The van der Waals surface area contributed by atoms with Crippen molar-refractivity contribution in [3.05, 3.63) is 34.9 Å². The molecule has 0 bridgehead atoms. The van der Waals surface area contributed by atoms with E-state index in [1.165, 1.54) is 25.7 Å². The number of benzene rings is 1. The fraction of sp³-hybridized carbons (Fsp3) is 0.652. The van der Waals surface area contributed by atoms with Gasteiger partial charge in [0.1, 0.15) is 6.04 Å². The Bertz CT molecular complexity index is 723. The van der Waals surface area contributed by atoms with Crippen molar-refractivity contribution in [2.24, 2.45) is 5.41 Å². The number of halogens is 1. The molecule has 1 atom stereocenters. The van der Waals surface area contributed by atoms with Gasteiger partial charge in [-0.3, -0.25) is 9.59 Å². The van der Waals surface area contributed by atoms with E-state index in [1.54, 1.807) is 0 Å². The topological polar surface area (TPSA) is 49.4 Å². The third-order valence-corrected chi connectivity index (χ3v) is 7.32. The Labute approximate surface area is 173 Å². The quantitative estimate of drug-likeness (QED) is 0.769. The minimum atomic E-state index is -0.621. The van der Waals surface area contributed by atoms with Crippen molar-refractivity contribution < 1.29 is 9.59 Å². The highest BCUT2D eigenvalue weighted by Gasteiger charge is 2.48. The Hall–Kier alpha value is -1.55. The first-order chi connectivity index (χ1) is 13.6. The zero-order valence-electron chi connectivity index (χ0n) is 16.6. The summed E-state index contributed by atoms with van der Waals surface area (Å²) < 4.78 is 0. The first-order valence-corrected chi connectivity index (χ1v) is 11.3. The van der Waals surface area contributed by atoms with Crippen LogP contribution < -0.4 is 5.32 Å². The van der Waals surface area contributed by atoms with Crippen molar-refractivity contribution in [3.8, 4) is 0 Å². The second-order valence-electron chi connectivity index (χ2n) is 9.03. The van der Waals surface area contributed by atoms with E-state index in [-0.39, 0.29) is 23.3 Å². The van der Waals surface area contributed by atoms with Crippen molar-refractivity contribution in [1.29, 1.82) is 0 Å². The fourth-order valence-electron chi connectivity index (χ4n) is 5.47. The van der Waals surface area contributed by atoms with E-state index >= 15 is 0 Å². The summed E-state index contributed by atoms with van der Waals surface area (Å²) >= 11 is 6.49. The second kappa shape index (κ2) is 8.44. The van der Waals surface area contributed by atoms with E-state index < -0.39 is 6.04 Å². The van der Waals surface area contributed by atoms with E-state index in [4.69, 9.17) is 11.6 Å². The molecule has 1 N–H and O–H groups in total. The molecular weight excluding hydrogens is 372 g/mol. The summed E-state index contributed by atoms with van der Waals surface area (Å²) in [6.45, 7) is 0.680. The van der Waals surface area contributed by atoms with Crippen molar-refractivity contribution in [1.82, 2.24) is 10.2 Å². The Balaban J connectivity index is 1.60. The Morgan fingerprint density at radius 2 is 1.75 bits per heavy atom. The normalized spacial score (nSPS) is 23.8. The lowest BCUT2D eigenvalue weighted by Gasteiger charge is -2.35. The summed E-state index contributed by atoms with van der Waals surface area (Å²) in [4.78, 5) is 28.3. The molecular formula is C23H31ClN2O2. The van der Waals surface area contributed by atoms with Crippen molar-refractivity contribution in [2.45, 2.75) is 82.7 Å². The van der Waals surface area contributed by atoms with Gasteiger partial charge in [0.25, 0.3) is 0 Å². The second-order valence-corrected chi connectivity index (χ2v) is 9.43. The first-order valence-electron chi connectivity index (χ1n) is 10.9. The molecule has 1 saturated heterocycles. The number of likely N-dealkylation sites (tertiary alicyclic amines) is 1. The molecule has 4 nitrogen and oxygen atoms in total. The highest BCUT2D eigenvalue weighted by atomic mass is 35.5. The maximum absolute atomic E-state index is 13.4. The molecule has 2 amide bonds. The van der Waals surface area contributed by atoms with Gasteiger partial charge in [0.15, 0.2) is 0 Å². The van der Waals surface area contributed by atoms with Crippen LogP contribution in [0.15, 0.2) is 24.3 Å². The van der Waals surface area contributed by atoms with Crippen LogP contribution in [0.1, 0.15) is 82.2 Å². The molecule has 2 saturated carbocycles. The molecule has 1 aliphatic heterocycles. The molecule has 0 aromatic heterocycles. The highest BCUT2D eigenvalue weighted by Crippen LogP contribution is 2.47. The number of nitrogens with zero attached hydrogens (tertiary/aromatic N) is 1. The molecule has 2 aliphatic carbocycles. The molecule has 5 heteroatoms. The van der Waals surface area contributed by atoms with Crippen LogP contribution in [0.2, 0.25) is 5.02 Å². The lowest BCUT2D eigenvalue weighted by molar-refractivity contribution is -0.138. The lowest BCUT2D eigenvalue weighted by Crippen LogP contribution is -2.46. The lowest BCUT2D eigenvalue weighted by atomic mass is 9.73. The minimum absolute atomic E-state index is 0.0555. The Kier molecular flexibility index (Phi) is 5.96. The number of carbonyl (C=O) groups excluding carboxylic acids is 2. The van der Waals surface area contributed by atoms with Gasteiger partial charge in [0.05, 0.1) is 0 Å². The highest BCUT2D eigenvalue weighted by molar-refractivity contribution is 6.31. The molecule has 3 fully saturated rings. The minimum Gasteiger partial charge on any atom is -0.351 e. The van der Waals surface area contributed by atoms with Gasteiger partial charge in [-0.25, -0.2) is 0 Å².